The van der Waals surface area contributed by atoms with E-state index in [4.69, 9.17) is 9.72 Å². The van der Waals surface area contributed by atoms with Crippen LogP contribution in [0.1, 0.15) is 45.4 Å². The number of thiazole rings is 1. The average molecular weight is 410 g/mol. The molecule has 0 radical (unpaired) electrons. The maximum Gasteiger partial charge on any atom is 0.339 e. The first-order valence-corrected chi connectivity index (χ1v) is 10.4. The van der Waals surface area contributed by atoms with Gasteiger partial charge in [0.15, 0.2) is 0 Å². The van der Waals surface area contributed by atoms with Crippen LogP contribution in [0.4, 0.5) is 5.69 Å². The summed E-state index contributed by atoms with van der Waals surface area (Å²) in [6.07, 6.45) is 5.43. The van der Waals surface area contributed by atoms with Gasteiger partial charge in [-0.2, -0.15) is 0 Å². The Balaban J connectivity index is 1.68. The molecule has 29 heavy (non-hydrogen) atoms. The molecule has 7 heteroatoms. The maximum atomic E-state index is 13.0. The molecule has 2 heterocycles. The molecule has 0 aliphatic heterocycles. The van der Waals surface area contributed by atoms with Crippen molar-refractivity contribution in [3.8, 4) is 10.6 Å². The first-order chi connectivity index (χ1) is 14.0. The van der Waals surface area contributed by atoms with Gasteiger partial charge < -0.3 is 14.7 Å². The van der Waals surface area contributed by atoms with Crippen molar-refractivity contribution in [2.24, 2.45) is 0 Å². The smallest absolute Gasteiger partial charge is 0.339 e. The van der Waals surface area contributed by atoms with Crippen LogP contribution >= 0.6 is 11.3 Å². The molecular formula is C22H23N3O3S. The van der Waals surface area contributed by atoms with E-state index in [1.807, 2.05) is 49.3 Å². The normalized spacial score (nSPS) is 15.6. The molecule has 0 spiro atoms. The van der Waals surface area contributed by atoms with E-state index in [-0.39, 0.29) is 6.61 Å². The van der Waals surface area contributed by atoms with Gasteiger partial charge in [0.05, 0.1) is 22.2 Å². The van der Waals surface area contributed by atoms with Crippen molar-refractivity contribution < 1.29 is 14.6 Å². The molecule has 0 amide bonds. The highest BCUT2D eigenvalue weighted by molar-refractivity contribution is 7.15. The van der Waals surface area contributed by atoms with Crippen LogP contribution in [0.15, 0.2) is 42.7 Å². The number of rotatable bonds is 5. The van der Waals surface area contributed by atoms with Gasteiger partial charge in [-0.25, -0.2) is 9.78 Å². The van der Waals surface area contributed by atoms with Crippen molar-refractivity contribution in [1.29, 1.82) is 0 Å². The number of carbonyl (C=O) groups is 1. The molecule has 3 aromatic rings. The Morgan fingerprint density at radius 2 is 2.07 bits per heavy atom. The Hall–Kier alpha value is -2.77. The van der Waals surface area contributed by atoms with Crippen molar-refractivity contribution in [1.82, 2.24) is 9.97 Å². The summed E-state index contributed by atoms with van der Waals surface area (Å²) in [4.78, 5) is 24.5. The molecule has 0 bridgehead atoms. The van der Waals surface area contributed by atoms with E-state index in [2.05, 4.69) is 4.98 Å². The van der Waals surface area contributed by atoms with Crippen LogP contribution in [0.25, 0.3) is 10.6 Å². The first-order valence-electron chi connectivity index (χ1n) is 9.58. The summed E-state index contributed by atoms with van der Waals surface area (Å²) in [6, 6.07) is 9.35. The summed E-state index contributed by atoms with van der Waals surface area (Å²) < 4.78 is 5.58. The molecule has 1 atom stereocenters. The monoisotopic (exact) mass is 409 g/mol. The molecule has 1 unspecified atom stereocenters. The highest BCUT2D eigenvalue weighted by atomic mass is 32.1. The van der Waals surface area contributed by atoms with Crippen LogP contribution in [-0.4, -0.2) is 35.1 Å². The van der Waals surface area contributed by atoms with Gasteiger partial charge in [0, 0.05) is 37.7 Å². The van der Waals surface area contributed by atoms with Crippen LogP contribution in [0.5, 0.6) is 0 Å². The Kier molecular flexibility index (Phi) is 5.60. The minimum absolute atomic E-state index is 0.181. The van der Waals surface area contributed by atoms with Gasteiger partial charge in [-0.3, -0.25) is 4.98 Å². The lowest BCUT2D eigenvalue weighted by Gasteiger charge is -2.15. The van der Waals surface area contributed by atoms with Gasteiger partial charge in [0.25, 0.3) is 0 Å². The zero-order valence-electron chi connectivity index (χ0n) is 16.5. The molecular weight excluding hydrogens is 386 g/mol. The van der Waals surface area contributed by atoms with Crippen LogP contribution in [0.3, 0.4) is 0 Å². The molecule has 150 valence electrons. The average Bonchev–Trinajstić information content (AvgIpc) is 3.18. The number of ether oxygens (including phenoxy) is 1. The summed E-state index contributed by atoms with van der Waals surface area (Å²) >= 11 is 1.47. The second-order valence-electron chi connectivity index (χ2n) is 7.29. The largest absolute Gasteiger partial charge is 0.457 e. The third-order valence-corrected chi connectivity index (χ3v) is 6.24. The number of pyridine rings is 1. The van der Waals surface area contributed by atoms with Crippen LogP contribution in [0.2, 0.25) is 0 Å². The van der Waals surface area contributed by atoms with E-state index in [1.54, 1.807) is 12.4 Å². The van der Waals surface area contributed by atoms with Crippen molar-refractivity contribution >= 4 is 23.0 Å². The summed E-state index contributed by atoms with van der Waals surface area (Å²) in [6.45, 7) is 0.181. The fraction of sp³-hybridized carbons (Fsp3) is 0.318. The second-order valence-corrected chi connectivity index (χ2v) is 8.32. The molecule has 2 aromatic heterocycles. The number of hydrogen-bond donors (Lipinski definition) is 1. The highest BCUT2D eigenvalue weighted by Crippen LogP contribution is 2.39. The zero-order valence-corrected chi connectivity index (χ0v) is 17.3. The summed E-state index contributed by atoms with van der Waals surface area (Å²) in [7, 11) is 3.86. The van der Waals surface area contributed by atoms with Crippen molar-refractivity contribution in [2.45, 2.75) is 32.0 Å². The minimum atomic E-state index is -0.465. The van der Waals surface area contributed by atoms with Gasteiger partial charge in [-0.1, -0.05) is 0 Å². The maximum absolute atomic E-state index is 13.0. The Morgan fingerprint density at radius 1 is 1.28 bits per heavy atom. The number of carbonyl (C=O) groups excluding carboxylic acids is 1. The number of benzene rings is 1. The fourth-order valence-electron chi connectivity index (χ4n) is 3.38. The molecule has 4 rings (SSSR count). The van der Waals surface area contributed by atoms with Crippen molar-refractivity contribution in [3.63, 3.8) is 0 Å². The van der Waals surface area contributed by atoms with E-state index < -0.39 is 12.1 Å². The predicted octanol–water partition coefficient (Wildman–Crippen LogP) is 4.00. The lowest BCUT2D eigenvalue weighted by Crippen LogP contribution is -2.12. The Morgan fingerprint density at radius 3 is 2.79 bits per heavy atom. The second kappa shape index (κ2) is 8.31. The third-order valence-electron chi connectivity index (χ3n) is 5.01. The number of fused-ring (bicyclic) bond motifs is 1. The van der Waals surface area contributed by atoms with Crippen LogP contribution in [-0.2, 0) is 17.8 Å². The van der Waals surface area contributed by atoms with E-state index in [1.165, 1.54) is 11.3 Å². The number of hydrogen-bond acceptors (Lipinski definition) is 7. The molecule has 0 saturated heterocycles. The number of nitrogens with zero attached hydrogens (tertiary/aromatic N) is 3. The number of aryl methyl sites for hydroxylation is 1. The van der Waals surface area contributed by atoms with E-state index >= 15 is 0 Å². The van der Waals surface area contributed by atoms with E-state index in [9.17, 15) is 9.90 Å². The molecule has 0 saturated carbocycles. The Bertz CT molecular complexity index is 1020. The van der Waals surface area contributed by atoms with Gasteiger partial charge in [-0.05, 0) is 55.2 Å². The topological polar surface area (TPSA) is 75.5 Å². The first kappa shape index (κ1) is 19.5. The van der Waals surface area contributed by atoms with Crippen molar-refractivity contribution in [2.75, 3.05) is 19.0 Å². The number of aliphatic hydroxyl groups excluding tert-OH is 1. The minimum Gasteiger partial charge on any atom is -0.457 e. The molecule has 1 N–H and O–H groups in total. The van der Waals surface area contributed by atoms with Crippen LogP contribution < -0.4 is 4.90 Å². The summed E-state index contributed by atoms with van der Waals surface area (Å²) in [5.74, 6) is -0.394. The van der Waals surface area contributed by atoms with Gasteiger partial charge >= 0.3 is 5.97 Å². The highest BCUT2D eigenvalue weighted by Gasteiger charge is 2.25. The molecule has 1 aliphatic carbocycles. The van der Waals surface area contributed by atoms with Gasteiger partial charge in [0.2, 0.25) is 0 Å². The molecule has 1 aromatic carbocycles. The summed E-state index contributed by atoms with van der Waals surface area (Å²) in [5, 5.41) is 11.0. The number of aliphatic hydroxyl groups is 1. The number of anilines is 1. The lowest BCUT2D eigenvalue weighted by molar-refractivity contribution is 0.0473. The van der Waals surface area contributed by atoms with Crippen molar-refractivity contribution in [3.05, 3.63) is 64.4 Å². The number of aromatic nitrogens is 2. The molecule has 6 nitrogen and oxygen atoms in total. The molecule has 1 aliphatic rings. The van der Waals surface area contributed by atoms with Gasteiger partial charge in [0.1, 0.15) is 11.6 Å². The quantitative estimate of drug-likeness (QED) is 0.642. The van der Waals surface area contributed by atoms with E-state index in [0.717, 1.165) is 51.7 Å². The zero-order chi connectivity index (χ0) is 20.4. The predicted molar refractivity (Wildman–Crippen MR) is 113 cm³/mol. The SMILES string of the molecule is CN(C)c1ccc(-c2nc3c(s2)C(O)CCC3)c(C(=O)OCc2ccncc2)c1. The van der Waals surface area contributed by atoms with E-state index in [0.29, 0.717) is 5.56 Å². The standard InChI is InChI=1S/C22H23N3O3S/c1-25(2)15-6-7-16(21-24-18-4-3-5-19(26)20(18)29-21)17(12-15)22(27)28-13-14-8-10-23-11-9-14/h6-12,19,26H,3-5,13H2,1-2H3. The number of esters is 1. The lowest BCUT2D eigenvalue weighted by atomic mass is 10.0. The molecule has 0 fully saturated rings. The fourth-order valence-corrected chi connectivity index (χ4v) is 4.56. The van der Waals surface area contributed by atoms with Gasteiger partial charge in [-0.15, -0.1) is 11.3 Å². The summed E-state index contributed by atoms with van der Waals surface area (Å²) in [5.41, 5.74) is 3.95. The van der Waals surface area contributed by atoms with Crippen LogP contribution in [0, 0.1) is 0 Å². The Labute approximate surface area is 173 Å². The third kappa shape index (κ3) is 4.16.